The second-order valence-electron chi connectivity index (χ2n) is 0.814. The third-order valence-corrected chi connectivity index (χ3v) is 0.689. The van der Waals surface area contributed by atoms with Gasteiger partial charge in [0.15, 0.2) is 0 Å². The van der Waals surface area contributed by atoms with Gasteiger partial charge >= 0.3 is 6.16 Å². The second-order valence-corrected chi connectivity index (χ2v) is 7.36. The quantitative estimate of drug-likeness (QED) is 0.552. The zero-order valence-corrected chi connectivity index (χ0v) is 8.16. The van der Waals surface area contributed by atoms with Gasteiger partial charge in [-0.15, -0.1) is 0 Å². The van der Waals surface area contributed by atoms with Crippen molar-refractivity contribution in [1.82, 2.24) is 0 Å². The summed E-state index contributed by atoms with van der Waals surface area (Å²) < 4.78 is 2.96. The van der Waals surface area contributed by atoms with Crippen molar-refractivity contribution in [3.05, 3.63) is 0 Å². The maximum absolute atomic E-state index is 9.70. The van der Waals surface area contributed by atoms with Crippen molar-refractivity contribution >= 4 is 53.9 Å². The van der Waals surface area contributed by atoms with Gasteiger partial charge in [-0.1, -0.05) is 0 Å². The van der Waals surface area contributed by atoms with Crippen LogP contribution in [0.4, 0.5) is 4.79 Å². The molecule has 6 heteroatoms. The van der Waals surface area contributed by atoms with Gasteiger partial charge in [0.2, 0.25) is 0 Å². The van der Waals surface area contributed by atoms with Crippen molar-refractivity contribution in [2.45, 2.75) is 2.33 Å². The predicted octanol–water partition coefficient (Wildman–Crippen LogP) is 2.48. The molecule has 0 aromatic rings. The van der Waals surface area contributed by atoms with Crippen LogP contribution in [0.3, 0.4) is 0 Å². The molecule has 0 aromatic carbocycles. The van der Waals surface area contributed by atoms with Crippen LogP contribution in [0.1, 0.15) is 0 Å². The van der Waals surface area contributed by atoms with Crippen molar-refractivity contribution in [2.24, 2.45) is 0 Å². The van der Waals surface area contributed by atoms with E-state index in [9.17, 15) is 4.79 Å². The SMILES string of the molecule is O=C(O)OC(Br)(Br)Br. The molecular weight excluding hydrogens is 312 g/mol. The molecule has 0 fully saturated rings. The lowest BCUT2D eigenvalue weighted by atomic mass is 11.4. The Labute approximate surface area is 70.8 Å². The molecule has 0 aliphatic carbocycles. The summed E-state index contributed by atoms with van der Waals surface area (Å²) in [5.74, 6) is 0. The van der Waals surface area contributed by atoms with E-state index in [1.165, 1.54) is 0 Å². The Hall–Kier alpha value is 0.710. The number of carbonyl (C=O) groups is 1. The Morgan fingerprint density at radius 2 is 1.88 bits per heavy atom. The predicted molar refractivity (Wildman–Crippen MR) is 38.6 cm³/mol. The molecule has 0 aromatic heterocycles. The Balaban J connectivity index is 3.55. The van der Waals surface area contributed by atoms with Crippen LogP contribution in [0.5, 0.6) is 0 Å². The van der Waals surface area contributed by atoms with Crippen molar-refractivity contribution in [2.75, 3.05) is 0 Å². The van der Waals surface area contributed by atoms with Gasteiger partial charge in [0.1, 0.15) is 0 Å². The molecule has 8 heavy (non-hydrogen) atoms. The van der Waals surface area contributed by atoms with E-state index in [1.807, 2.05) is 0 Å². The molecule has 0 atom stereocenters. The van der Waals surface area contributed by atoms with Gasteiger partial charge in [-0.05, 0) is 47.8 Å². The van der Waals surface area contributed by atoms with E-state index < -0.39 is 8.48 Å². The first-order chi connectivity index (χ1) is 3.42. The number of carboxylic acid groups (broad SMARTS) is 1. The van der Waals surface area contributed by atoms with E-state index >= 15 is 0 Å². The lowest BCUT2D eigenvalue weighted by Gasteiger charge is -2.08. The molecule has 1 N–H and O–H groups in total. The highest BCUT2D eigenvalue weighted by molar-refractivity contribution is 9.39. The summed E-state index contributed by atoms with van der Waals surface area (Å²) in [7, 11) is 0. The highest BCUT2D eigenvalue weighted by atomic mass is 80.0. The Kier molecular flexibility index (Phi) is 3.29. The molecule has 0 saturated heterocycles. The van der Waals surface area contributed by atoms with E-state index in [-0.39, 0.29) is 0 Å². The monoisotopic (exact) mass is 310 g/mol. The van der Waals surface area contributed by atoms with Gasteiger partial charge in [0.25, 0.3) is 2.33 Å². The molecular formula is C2HBr3O3. The van der Waals surface area contributed by atoms with Gasteiger partial charge in [-0.2, -0.15) is 0 Å². The van der Waals surface area contributed by atoms with Crippen molar-refractivity contribution in [1.29, 1.82) is 0 Å². The van der Waals surface area contributed by atoms with E-state index in [0.717, 1.165) is 0 Å². The van der Waals surface area contributed by atoms with Gasteiger partial charge in [0, 0.05) is 0 Å². The average Bonchev–Trinajstić information content (AvgIpc) is 1.21. The summed E-state index contributed by atoms with van der Waals surface area (Å²) in [5.41, 5.74) is 0. The van der Waals surface area contributed by atoms with Crippen LogP contribution in [-0.4, -0.2) is 13.6 Å². The molecule has 0 amide bonds. The normalized spacial score (nSPS) is 10.9. The van der Waals surface area contributed by atoms with Crippen LogP contribution in [0, 0.1) is 0 Å². The van der Waals surface area contributed by atoms with Crippen LogP contribution in [0.15, 0.2) is 0 Å². The summed E-state index contributed by atoms with van der Waals surface area (Å²) in [6.07, 6.45) is -1.37. The first kappa shape index (κ1) is 8.71. The number of rotatable bonds is 0. The lowest BCUT2D eigenvalue weighted by molar-refractivity contribution is 0.0993. The second kappa shape index (κ2) is 3.03. The van der Waals surface area contributed by atoms with Crippen LogP contribution in [0.25, 0.3) is 0 Å². The number of alkyl halides is 3. The first-order valence-corrected chi connectivity index (χ1v) is 3.78. The minimum absolute atomic E-state index is 1.14. The summed E-state index contributed by atoms with van der Waals surface area (Å²) >= 11 is 8.43. The van der Waals surface area contributed by atoms with Crippen molar-refractivity contribution < 1.29 is 14.6 Å². The fourth-order valence-electron chi connectivity index (χ4n) is 0.0990. The van der Waals surface area contributed by atoms with Crippen LogP contribution in [0.2, 0.25) is 0 Å². The highest BCUT2D eigenvalue weighted by Crippen LogP contribution is 2.34. The summed E-state index contributed by atoms with van der Waals surface area (Å²) in [4.78, 5) is 9.70. The Morgan fingerprint density at radius 3 is 1.88 bits per heavy atom. The van der Waals surface area contributed by atoms with Gasteiger partial charge in [0.05, 0.1) is 0 Å². The molecule has 0 heterocycles. The number of hydrogen-bond donors (Lipinski definition) is 1. The van der Waals surface area contributed by atoms with E-state index in [1.54, 1.807) is 0 Å². The zero-order valence-electron chi connectivity index (χ0n) is 3.40. The first-order valence-electron chi connectivity index (χ1n) is 1.40. The molecule has 0 aliphatic heterocycles. The lowest BCUT2D eigenvalue weighted by Crippen LogP contribution is -2.11. The fourth-order valence-corrected chi connectivity index (χ4v) is 0.514. The summed E-state index contributed by atoms with van der Waals surface area (Å²) in [5, 5.41) is 7.94. The molecule has 0 bridgehead atoms. The zero-order chi connectivity index (χ0) is 6.78. The largest absolute Gasteiger partial charge is 0.508 e. The smallest absolute Gasteiger partial charge is 0.450 e. The molecule has 0 saturated carbocycles. The summed E-state index contributed by atoms with van der Waals surface area (Å²) in [6, 6.07) is 0. The number of halogens is 3. The van der Waals surface area contributed by atoms with E-state index in [0.29, 0.717) is 0 Å². The van der Waals surface area contributed by atoms with E-state index in [4.69, 9.17) is 5.11 Å². The molecule has 0 rings (SSSR count). The minimum atomic E-state index is -1.37. The van der Waals surface area contributed by atoms with Crippen molar-refractivity contribution in [3.8, 4) is 0 Å². The van der Waals surface area contributed by atoms with Crippen LogP contribution in [-0.2, 0) is 4.74 Å². The van der Waals surface area contributed by atoms with Gasteiger partial charge in [-0.3, -0.25) is 0 Å². The fraction of sp³-hybridized carbons (Fsp3) is 0.500. The van der Waals surface area contributed by atoms with Gasteiger partial charge < -0.3 is 9.84 Å². The molecule has 0 radical (unpaired) electrons. The van der Waals surface area contributed by atoms with Gasteiger partial charge in [-0.25, -0.2) is 4.79 Å². The third kappa shape index (κ3) is 6.71. The maximum Gasteiger partial charge on any atom is 0.508 e. The minimum Gasteiger partial charge on any atom is -0.450 e. The molecule has 0 spiro atoms. The van der Waals surface area contributed by atoms with Crippen LogP contribution < -0.4 is 0 Å². The third-order valence-electron chi connectivity index (χ3n) is 0.203. The molecule has 3 nitrogen and oxygen atoms in total. The Bertz CT molecular complexity index is 95.2. The van der Waals surface area contributed by atoms with Crippen molar-refractivity contribution in [3.63, 3.8) is 0 Å². The Morgan fingerprint density at radius 1 is 1.50 bits per heavy atom. The topological polar surface area (TPSA) is 46.5 Å². The highest BCUT2D eigenvalue weighted by Gasteiger charge is 2.21. The average molecular weight is 313 g/mol. The standard InChI is InChI=1S/C2HBr3O3/c3-2(4,5)8-1(6)7/h(H,6,7). The molecule has 0 aliphatic rings. The number of hydrogen-bond acceptors (Lipinski definition) is 2. The molecule has 48 valence electrons. The number of ether oxygens (including phenoxy) is 1. The van der Waals surface area contributed by atoms with E-state index in [2.05, 4.69) is 52.5 Å². The van der Waals surface area contributed by atoms with Crippen LogP contribution >= 0.6 is 47.8 Å². The summed E-state index contributed by atoms with van der Waals surface area (Å²) in [6.45, 7) is 0. The molecule has 0 unspecified atom stereocenters. The maximum atomic E-state index is 9.70.